The van der Waals surface area contributed by atoms with Crippen LogP contribution in [0.4, 0.5) is 0 Å². The quantitative estimate of drug-likeness (QED) is 0.574. The monoisotopic (exact) mass is 169 g/mol. The fourth-order valence-electron chi connectivity index (χ4n) is 1.05. The highest BCUT2D eigenvalue weighted by Gasteiger charge is 1.96. The van der Waals surface area contributed by atoms with E-state index in [1.807, 2.05) is 0 Å². The van der Waals surface area contributed by atoms with E-state index >= 15 is 0 Å². The van der Waals surface area contributed by atoms with Gasteiger partial charge in [0.15, 0.2) is 0 Å². The van der Waals surface area contributed by atoms with Crippen molar-refractivity contribution in [2.75, 3.05) is 32.7 Å². The molecule has 3 nitrogen and oxygen atoms in total. The normalized spacial score (nSPS) is 10.2. The van der Waals surface area contributed by atoms with Crippen molar-refractivity contribution in [3.8, 4) is 6.07 Å². The largest absolute Gasteiger partial charge is 0.314 e. The molecule has 0 bridgehead atoms. The van der Waals surface area contributed by atoms with Gasteiger partial charge in [-0.25, -0.2) is 0 Å². The molecule has 0 amide bonds. The molecule has 0 aromatic rings. The van der Waals surface area contributed by atoms with Crippen LogP contribution >= 0.6 is 0 Å². The maximum atomic E-state index is 8.27. The maximum absolute atomic E-state index is 8.27. The maximum Gasteiger partial charge on any atom is 0.0635 e. The number of rotatable bonds is 7. The van der Waals surface area contributed by atoms with E-state index < -0.39 is 0 Å². The molecule has 0 saturated carbocycles. The van der Waals surface area contributed by atoms with Gasteiger partial charge in [-0.3, -0.25) is 0 Å². The SMILES string of the molecule is CCN(CC)CCNCCC#N. The minimum absolute atomic E-state index is 0.609. The van der Waals surface area contributed by atoms with Crippen LogP contribution < -0.4 is 5.32 Å². The summed E-state index contributed by atoms with van der Waals surface area (Å²) in [5, 5.41) is 11.5. The lowest BCUT2D eigenvalue weighted by molar-refractivity contribution is 0.303. The van der Waals surface area contributed by atoms with Crippen molar-refractivity contribution in [1.82, 2.24) is 10.2 Å². The molecule has 70 valence electrons. The average Bonchev–Trinajstić information content (AvgIpc) is 2.11. The molecule has 0 aromatic heterocycles. The van der Waals surface area contributed by atoms with Crippen molar-refractivity contribution < 1.29 is 0 Å². The number of nitrogens with one attached hydrogen (secondary N) is 1. The summed E-state index contributed by atoms with van der Waals surface area (Å²) >= 11 is 0. The van der Waals surface area contributed by atoms with Gasteiger partial charge in [0.25, 0.3) is 0 Å². The Hall–Kier alpha value is -0.590. The molecular weight excluding hydrogens is 150 g/mol. The van der Waals surface area contributed by atoms with Gasteiger partial charge < -0.3 is 10.2 Å². The summed E-state index contributed by atoms with van der Waals surface area (Å²) in [7, 11) is 0. The fourth-order valence-corrected chi connectivity index (χ4v) is 1.05. The summed E-state index contributed by atoms with van der Waals surface area (Å²) in [6, 6.07) is 2.11. The zero-order chi connectivity index (χ0) is 9.23. The van der Waals surface area contributed by atoms with Crippen LogP contribution in [0, 0.1) is 11.3 Å². The van der Waals surface area contributed by atoms with Gasteiger partial charge in [-0.1, -0.05) is 13.8 Å². The molecule has 0 heterocycles. The Morgan fingerprint density at radius 1 is 1.25 bits per heavy atom. The van der Waals surface area contributed by atoms with Crippen molar-refractivity contribution in [2.24, 2.45) is 0 Å². The third kappa shape index (κ3) is 6.14. The second-order valence-corrected chi connectivity index (χ2v) is 2.68. The van der Waals surface area contributed by atoms with Gasteiger partial charge in [-0.2, -0.15) is 5.26 Å². The molecule has 0 saturated heterocycles. The molecule has 12 heavy (non-hydrogen) atoms. The lowest BCUT2D eigenvalue weighted by Gasteiger charge is -2.17. The first-order valence-corrected chi connectivity index (χ1v) is 4.65. The van der Waals surface area contributed by atoms with E-state index in [-0.39, 0.29) is 0 Å². The van der Waals surface area contributed by atoms with Gasteiger partial charge >= 0.3 is 0 Å². The average molecular weight is 169 g/mol. The van der Waals surface area contributed by atoms with Crippen LogP contribution in [0.5, 0.6) is 0 Å². The number of nitriles is 1. The van der Waals surface area contributed by atoms with Crippen LogP contribution in [0.15, 0.2) is 0 Å². The molecule has 0 aliphatic carbocycles. The van der Waals surface area contributed by atoms with Crippen molar-refractivity contribution >= 4 is 0 Å². The molecule has 0 unspecified atom stereocenters. The Labute approximate surface area is 75.4 Å². The van der Waals surface area contributed by atoms with Crippen LogP contribution in [0.1, 0.15) is 20.3 Å². The van der Waals surface area contributed by atoms with E-state index in [2.05, 4.69) is 30.1 Å². The Balaban J connectivity index is 3.13. The third-order valence-corrected chi connectivity index (χ3v) is 1.91. The summed E-state index contributed by atoms with van der Waals surface area (Å²) in [6.07, 6.45) is 0.609. The summed E-state index contributed by atoms with van der Waals surface area (Å²) in [5.74, 6) is 0. The number of hydrogen-bond acceptors (Lipinski definition) is 3. The topological polar surface area (TPSA) is 39.1 Å². The van der Waals surface area contributed by atoms with E-state index in [0.29, 0.717) is 6.42 Å². The van der Waals surface area contributed by atoms with E-state index in [9.17, 15) is 0 Å². The highest BCUT2D eigenvalue weighted by Crippen LogP contribution is 1.83. The second kappa shape index (κ2) is 8.51. The molecule has 0 aliphatic rings. The zero-order valence-corrected chi connectivity index (χ0v) is 8.14. The molecule has 0 fully saturated rings. The molecule has 0 aromatic carbocycles. The molecule has 0 radical (unpaired) electrons. The Kier molecular flexibility index (Phi) is 8.09. The van der Waals surface area contributed by atoms with Gasteiger partial charge in [0, 0.05) is 26.1 Å². The number of likely N-dealkylation sites (N-methyl/N-ethyl adjacent to an activating group) is 1. The zero-order valence-electron chi connectivity index (χ0n) is 8.14. The first kappa shape index (κ1) is 11.4. The fraction of sp³-hybridized carbons (Fsp3) is 0.889. The Morgan fingerprint density at radius 3 is 2.42 bits per heavy atom. The predicted octanol–water partition coefficient (Wildman–Crippen LogP) is 0.831. The second-order valence-electron chi connectivity index (χ2n) is 2.68. The molecule has 0 rings (SSSR count). The summed E-state index contributed by atoms with van der Waals surface area (Å²) in [6.45, 7) is 9.43. The molecule has 1 N–H and O–H groups in total. The van der Waals surface area contributed by atoms with Crippen LogP contribution in [0.3, 0.4) is 0 Å². The Morgan fingerprint density at radius 2 is 1.92 bits per heavy atom. The smallest absolute Gasteiger partial charge is 0.0635 e. The minimum Gasteiger partial charge on any atom is -0.314 e. The van der Waals surface area contributed by atoms with Crippen LogP contribution in [-0.4, -0.2) is 37.6 Å². The van der Waals surface area contributed by atoms with E-state index in [1.54, 1.807) is 0 Å². The molecule has 0 aliphatic heterocycles. The Bertz CT molecular complexity index is 124. The molecule has 0 spiro atoms. The van der Waals surface area contributed by atoms with Gasteiger partial charge in [0.2, 0.25) is 0 Å². The lowest BCUT2D eigenvalue weighted by Crippen LogP contribution is -2.32. The van der Waals surface area contributed by atoms with Crippen LogP contribution in [0.2, 0.25) is 0 Å². The van der Waals surface area contributed by atoms with Gasteiger partial charge in [-0.05, 0) is 13.1 Å². The summed E-state index contributed by atoms with van der Waals surface area (Å²) in [4.78, 5) is 2.36. The highest BCUT2D eigenvalue weighted by atomic mass is 15.1. The van der Waals surface area contributed by atoms with E-state index in [0.717, 1.165) is 32.7 Å². The molecular formula is C9H19N3. The van der Waals surface area contributed by atoms with Gasteiger partial charge in [-0.15, -0.1) is 0 Å². The van der Waals surface area contributed by atoms with Crippen molar-refractivity contribution in [3.05, 3.63) is 0 Å². The summed E-state index contributed by atoms with van der Waals surface area (Å²) in [5.41, 5.74) is 0. The first-order valence-electron chi connectivity index (χ1n) is 4.65. The third-order valence-electron chi connectivity index (χ3n) is 1.91. The summed E-state index contributed by atoms with van der Waals surface area (Å²) < 4.78 is 0. The highest BCUT2D eigenvalue weighted by molar-refractivity contribution is 4.70. The van der Waals surface area contributed by atoms with Gasteiger partial charge in [0.05, 0.1) is 6.07 Å². The predicted molar refractivity (Wildman–Crippen MR) is 50.9 cm³/mol. The molecule has 3 heteroatoms. The van der Waals surface area contributed by atoms with Crippen LogP contribution in [-0.2, 0) is 0 Å². The lowest BCUT2D eigenvalue weighted by atomic mass is 10.4. The van der Waals surface area contributed by atoms with Crippen molar-refractivity contribution in [3.63, 3.8) is 0 Å². The van der Waals surface area contributed by atoms with Crippen molar-refractivity contribution in [2.45, 2.75) is 20.3 Å². The van der Waals surface area contributed by atoms with Crippen molar-refractivity contribution in [1.29, 1.82) is 5.26 Å². The number of nitrogens with zero attached hydrogens (tertiary/aromatic N) is 2. The first-order chi connectivity index (χ1) is 5.85. The molecule has 0 atom stereocenters. The number of hydrogen-bond donors (Lipinski definition) is 1. The standard InChI is InChI=1S/C9H19N3/c1-3-12(4-2)9-8-11-7-5-6-10/h11H,3-5,7-9H2,1-2H3. The van der Waals surface area contributed by atoms with Crippen LogP contribution in [0.25, 0.3) is 0 Å². The van der Waals surface area contributed by atoms with E-state index in [1.165, 1.54) is 0 Å². The minimum atomic E-state index is 0.609. The van der Waals surface area contributed by atoms with E-state index in [4.69, 9.17) is 5.26 Å². The van der Waals surface area contributed by atoms with Gasteiger partial charge in [0.1, 0.15) is 0 Å².